The van der Waals surface area contributed by atoms with E-state index in [9.17, 15) is 0 Å². The van der Waals surface area contributed by atoms with Crippen molar-refractivity contribution in [3.8, 4) is 0 Å². The molecule has 6 nitrogen and oxygen atoms in total. The normalized spacial score (nSPS) is 18.0. The molecular formula is C19H27BN4O2. The molecule has 26 heavy (non-hydrogen) atoms. The molecule has 0 saturated carbocycles. The van der Waals surface area contributed by atoms with Crippen LogP contribution >= 0.6 is 0 Å². The summed E-state index contributed by atoms with van der Waals surface area (Å²) in [4.78, 5) is 10.9. The minimum absolute atomic E-state index is 0.360. The van der Waals surface area contributed by atoms with Gasteiger partial charge in [0.2, 0.25) is 0 Å². The van der Waals surface area contributed by atoms with E-state index in [1.165, 1.54) is 0 Å². The SMILES string of the molecule is Cc1cc(Nc2ccc(N(C)C)nc2)ncc1B1OC(C)(C)C(C)(C)O1. The number of hydrogen-bond acceptors (Lipinski definition) is 6. The fraction of sp³-hybridized carbons (Fsp3) is 0.474. The van der Waals surface area contributed by atoms with E-state index in [1.54, 1.807) is 6.20 Å². The van der Waals surface area contributed by atoms with Crippen molar-refractivity contribution in [1.29, 1.82) is 0 Å². The lowest BCUT2D eigenvalue weighted by Gasteiger charge is -2.32. The van der Waals surface area contributed by atoms with E-state index in [0.717, 1.165) is 28.3 Å². The van der Waals surface area contributed by atoms with E-state index >= 15 is 0 Å². The van der Waals surface area contributed by atoms with E-state index in [-0.39, 0.29) is 11.2 Å². The predicted octanol–water partition coefficient (Wildman–Crippen LogP) is 2.89. The molecule has 0 radical (unpaired) electrons. The first kappa shape index (κ1) is 18.7. The first-order valence-corrected chi connectivity index (χ1v) is 8.82. The van der Waals surface area contributed by atoms with Crippen molar-refractivity contribution in [1.82, 2.24) is 9.97 Å². The van der Waals surface area contributed by atoms with Crippen molar-refractivity contribution in [3.63, 3.8) is 0 Å². The van der Waals surface area contributed by atoms with Gasteiger partial charge in [0.1, 0.15) is 11.6 Å². The van der Waals surface area contributed by atoms with Gasteiger partial charge in [-0.3, -0.25) is 0 Å². The topological polar surface area (TPSA) is 59.5 Å². The maximum absolute atomic E-state index is 6.13. The number of nitrogens with zero attached hydrogens (tertiary/aromatic N) is 3. The highest BCUT2D eigenvalue weighted by atomic mass is 16.7. The van der Waals surface area contributed by atoms with Crippen LogP contribution in [0.15, 0.2) is 30.6 Å². The average Bonchev–Trinajstić information content (AvgIpc) is 2.75. The van der Waals surface area contributed by atoms with Crippen molar-refractivity contribution >= 4 is 29.9 Å². The largest absolute Gasteiger partial charge is 0.496 e. The quantitative estimate of drug-likeness (QED) is 0.852. The van der Waals surface area contributed by atoms with E-state index in [2.05, 4.69) is 43.0 Å². The highest BCUT2D eigenvalue weighted by Crippen LogP contribution is 2.36. The van der Waals surface area contributed by atoms with Gasteiger partial charge < -0.3 is 19.5 Å². The van der Waals surface area contributed by atoms with Gasteiger partial charge in [-0.25, -0.2) is 9.97 Å². The average molecular weight is 354 g/mol. The molecule has 0 aliphatic carbocycles. The molecule has 3 heterocycles. The molecule has 3 rings (SSSR count). The fourth-order valence-electron chi connectivity index (χ4n) is 2.72. The lowest BCUT2D eigenvalue weighted by atomic mass is 9.77. The highest BCUT2D eigenvalue weighted by molar-refractivity contribution is 6.62. The van der Waals surface area contributed by atoms with E-state index in [1.807, 2.05) is 50.3 Å². The van der Waals surface area contributed by atoms with E-state index in [4.69, 9.17) is 9.31 Å². The van der Waals surface area contributed by atoms with Crippen LogP contribution in [0.1, 0.15) is 33.3 Å². The number of anilines is 3. The summed E-state index contributed by atoms with van der Waals surface area (Å²) < 4.78 is 12.3. The Bertz CT molecular complexity index is 775. The Morgan fingerprint density at radius 3 is 2.15 bits per heavy atom. The molecule has 1 aliphatic heterocycles. The second-order valence-corrected chi connectivity index (χ2v) is 7.94. The van der Waals surface area contributed by atoms with Gasteiger partial charge in [0, 0.05) is 25.8 Å². The Kier molecular flexibility index (Phi) is 4.71. The zero-order valence-corrected chi connectivity index (χ0v) is 16.6. The zero-order chi connectivity index (χ0) is 19.1. The Labute approximate surface area is 156 Å². The van der Waals surface area contributed by atoms with Crippen molar-refractivity contribution < 1.29 is 9.31 Å². The molecule has 1 saturated heterocycles. The summed E-state index contributed by atoms with van der Waals surface area (Å²) in [7, 11) is 3.53. The molecule has 0 spiro atoms. The summed E-state index contributed by atoms with van der Waals surface area (Å²) in [5.41, 5.74) is 2.20. The molecule has 2 aromatic heterocycles. The second-order valence-electron chi connectivity index (χ2n) is 7.94. The number of nitrogens with one attached hydrogen (secondary N) is 1. The van der Waals surface area contributed by atoms with Crippen molar-refractivity contribution in [2.75, 3.05) is 24.3 Å². The molecule has 1 aliphatic rings. The molecule has 0 atom stereocenters. The molecule has 2 aromatic rings. The third-order valence-corrected chi connectivity index (χ3v) is 5.14. The van der Waals surface area contributed by atoms with Crippen molar-refractivity contribution in [2.24, 2.45) is 0 Å². The molecular weight excluding hydrogens is 327 g/mol. The number of rotatable bonds is 4. The number of pyridine rings is 2. The van der Waals surface area contributed by atoms with E-state index in [0.29, 0.717) is 0 Å². The number of aryl methyl sites for hydroxylation is 1. The van der Waals surface area contributed by atoms with Gasteiger partial charge in [0.25, 0.3) is 0 Å². The minimum Gasteiger partial charge on any atom is -0.399 e. The lowest BCUT2D eigenvalue weighted by Crippen LogP contribution is -2.41. The Balaban J connectivity index is 1.76. The maximum atomic E-state index is 6.13. The Morgan fingerprint density at radius 1 is 1.00 bits per heavy atom. The summed E-state index contributed by atoms with van der Waals surface area (Å²) in [6.45, 7) is 10.2. The van der Waals surface area contributed by atoms with Crippen LogP contribution in [0.5, 0.6) is 0 Å². The minimum atomic E-state index is -0.400. The molecule has 1 N–H and O–H groups in total. The van der Waals surface area contributed by atoms with Crippen molar-refractivity contribution in [3.05, 3.63) is 36.2 Å². The summed E-state index contributed by atoms with van der Waals surface area (Å²) in [6, 6.07) is 5.95. The monoisotopic (exact) mass is 354 g/mol. The molecule has 0 unspecified atom stereocenters. The van der Waals surface area contributed by atoms with Gasteiger partial charge in [-0.05, 0) is 58.4 Å². The van der Waals surface area contributed by atoms with Crippen LogP contribution in [0.2, 0.25) is 0 Å². The predicted molar refractivity (Wildman–Crippen MR) is 107 cm³/mol. The van der Waals surface area contributed by atoms with Crippen LogP contribution in [0.25, 0.3) is 0 Å². The van der Waals surface area contributed by atoms with Crippen LogP contribution < -0.4 is 15.7 Å². The second kappa shape index (κ2) is 6.56. The Morgan fingerprint density at radius 2 is 1.65 bits per heavy atom. The van der Waals surface area contributed by atoms with Gasteiger partial charge in [0.15, 0.2) is 0 Å². The van der Waals surface area contributed by atoms with E-state index < -0.39 is 7.12 Å². The number of hydrogen-bond donors (Lipinski definition) is 1. The van der Waals surface area contributed by atoms with Crippen LogP contribution in [-0.4, -0.2) is 42.4 Å². The van der Waals surface area contributed by atoms with Gasteiger partial charge in [0.05, 0.1) is 23.1 Å². The van der Waals surface area contributed by atoms with Gasteiger partial charge in [-0.2, -0.15) is 0 Å². The third kappa shape index (κ3) is 3.55. The standard InChI is InChI=1S/C19H27BN4O2/c1-13-10-16(23-14-8-9-17(22-11-14)24(6)7)21-12-15(13)20-25-18(2,3)19(4,5)26-20/h8-12H,1-7H3,(H,21,23). The molecule has 138 valence electrons. The molecule has 1 fully saturated rings. The summed E-state index contributed by atoms with van der Waals surface area (Å²) in [5.74, 6) is 1.68. The third-order valence-electron chi connectivity index (χ3n) is 5.14. The van der Waals surface area contributed by atoms with Gasteiger partial charge in [-0.1, -0.05) is 0 Å². The fourth-order valence-corrected chi connectivity index (χ4v) is 2.72. The van der Waals surface area contributed by atoms with Crippen LogP contribution in [0, 0.1) is 6.92 Å². The van der Waals surface area contributed by atoms with Gasteiger partial charge >= 0.3 is 7.12 Å². The zero-order valence-electron chi connectivity index (χ0n) is 16.6. The summed E-state index contributed by atoms with van der Waals surface area (Å²) in [5, 5.41) is 3.29. The summed E-state index contributed by atoms with van der Waals surface area (Å²) >= 11 is 0. The first-order valence-electron chi connectivity index (χ1n) is 8.82. The Hall–Kier alpha value is -2.12. The molecule has 0 amide bonds. The lowest BCUT2D eigenvalue weighted by molar-refractivity contribution is 0.00578. The smallest absolute Gasteiger partial charge is 0.399 e. The van der Waals surface area contributed by atoms with Crippen molar-refractivity contribution in [2.45, 2.75) is 45.8 Å². The van der Waals surface area contributed by atoms with Crippen LogP contribution in [-0.2, 0) is 9.31 Å². The molecule has 7 heteroatoms. The molecule has 0 bridgehead atoms. The first-order chi connectivity index (χ1) is 12.1. The maximum Gasteiger partial charge on any atom is 0.496 e. The van der Waals surface area contributed by atoms with Crippen LogP contribution in [0.3, 0.4) is 0 Å². The highest BCUT2D eigenvalue weighted by Gasteiger charge is 2.52. The van der Waals surface area contributed by atoms with Gasteiger partial charge in [-0.15, -0.1) is 0 Å². The summed E-state index contributed by atoms with van der Waals surface area (Å²) in [6.07, 6.45) is 3.62. The molecule has 0 aromatic carbocycles. The van der Waals surface area contributed by atoms with Crippen LogP contribution in [0.4, 0.5) is 17.3 Å². The number of aromatic nitrogens is 2.